The maximum Gasteiger partial charge on any atom is 0.264 e. The van der Waals surface area contributed by atoms with Crippen LogP contribution >= 0.6 is 11.6 Å². The lowest BCUT2D eigenvalue weighted by molar-refractivity contribution is 0.414. The molecule has 0 heterocycles. The molecule has 0 saturated carbocycles. The molecule has 0 unspecified atom stereocenters. The molecule has 3 aromatic carbocycles. The fourth-order valence-corrected chi connectivity index (χ4v) is 4.76. The molecule has 4 nitrogen and oxygen atoms in total. The second-order valence-corrected chi connectivity index (χ2v) is 8.44. The van der Waals surface area contributed by atoms with Crippen molar-refractivity contribution in [2.45, 2.75) is 17.9 Å². The highest BCUT2D eigenvalue weighted by Gasteiger charge is 2.30. The van der Waals surface area contributed by atoms with Crippen LogP contribution in [0.2, 0.25) is 5.02 Å². The summed E-state index contributed by atoms with van der Waals surface area (Å²) in [7, 11) is -2.44. The van der Waals surface area contributed by atoms with Crippen molar-refractivity contribution in [1.82, 2.24) is 0 Å². The van der Waals surface area contributed by atoms with E-state index in [1.807, 2.05) is 6.07 Å². The second kappa shape index (κ2) is 8.20. The minimum absolute atomic E-state index is 0.0105. The third-order valence-corrected chi connectivity index (χ3v) is 6.51. The summed E-state index contributed by atoms with van der Waals surface area (Å²) in [5, 5.41) is 0.412. The van der Waals surface area contributed by atoms with Gasteiger partial charge in [0.25, 0.3) is 10.0 Å². The number of methoxy groups -OCH3 is 1. The van der Waals surface area contributed by atoms with Crippen LogP contribution in [0.4, 0.5) is 10.1 Å². The van der Waals surface area contributed by atoms with Crippen molar-refractivity contribution >= 4 is 27.3 Å². The number of hydrogen-bond donors (Lipinski definition) is 0. The van der Waals surface area contributed by atoms with E-state index in [2.05, 4.69) is 0 Å². The van der Waals surface area contributed by atoms with Crippen LogP contribution in [0.3, 0.4) is 0 Å². The van der Waals surface area contributed by atoms with E-state index >= 15 is 0 Å². The third kappa shape index (κ3) is 4.13. The molecule has 0 fully saturated rings. The lowest BCUT2D eigenvalue weighted by atomic mass is 10.1. The van der Waals surface area contributed by atoms with Gasteiger partial charge < -0.3 is 4.74 Å². The van der Waals surface area contributed by atoms with E-state index in [-0.39, 0.29) is 4.90 Å². The Hall–Kier alpha value is -2.57. The number of ether oxygens (including phenoxy) is 1. The fourth-order valence-electron chi connectivity index (χ4n) is 2.94. The molecular formula is C21H19ClFNO3S. The minimum atomic E-state index is -3.99. The van der Waals surface area contributed by atoms with Crippen molar-refractivity contribution in [3.8, 4) is 5.75 Å². The van der Waals surface area contributed by atoms with Gasteiger partial charge in [-0.3, -0.25) is 4.31 Å². The Balaban J connectivity index is 2.15. The standard InChI is InChI=1S/C21H19ClFNO3S/c1-15(16-5-3-8-20(13-16)27-2)24(19-7-4-6-17(22)14-19)28(25,26)21-11-9-18(23)10-12-21/h3-15H,1-2H3/t15-/m1/s1. The minimum Gasteiger partial charge on any atom is -0.497 e. The van der Waals surface area contributed by atoms with E-state index in [0.29, 0.717) is 16.5 Å². The largest absolute Gasteiger partial charge is 0.497 e. The van der Waals surface area contributed by atoms with E-state index in [1.165, 1.54) is 16.4 Å². The molecule has 0 aliphatic carbocycles. The molecule has 0 saturated heterocycles. The van der Waals surface area contributed by atoms with E-state index in [9.17, 15) is 12.8 Å². The van der Waals surface area contributed by atoms with E-state index < -0.39 is 21.9 Å². The zero-order valence-electron chi connectivity index (χ0n) is 15.3. The molecular weight excluding hydrogens is 401 g/mol. The normalized spacial score (nSPS) is 12.4. The first kappa shape index (κ1) is 20.2. The number of halogens is 2. The smallest absolute Gasteiger partial charge is 0.264 e. The summed E-state index contributed by atoms with van der Waals surface area (Å²) < 4.78 is 46.8. The predicted molar refractivity (Wildman–Crippen MR) is 109 cm³/mol. The molecule has 0 radical (unpaired) electrons. The van der Waals surface area contributed by atoms with Gasteiger partial charge in [0.2, 0.25) is 0 Å². The molecule has 28 heavy (non-hydrogen) atoms. The number of sulfonamides is 1. The van der Waals surface area contributed by atoms with Crippen molar-refractivity contribution in [2.24, 2.45) is 0 Å². The van der Waals surface area contributed by atoms with Crippen LogP contribution in [0.25, 0.3) is 0 Å². The zero-order valence-corrected chi connectivity index (χ0v) is 16.9. The number of rotatable bonds is 6. The van der Waals surface area contributed by atoms with E-state index in [0.717, 1.165) is 17.7 Å². The van der Waals surface area contributed by atoms with Crippen LogP contribution in [0.5, 0.6) is 5.75 Å². The maximum absolute atomic E-state index is 13.5. The molecule has 0 aromatic heterocycles. The first-order chi connectivity index (χ1) is 13.3. The number of hydrogen-bond acceptors (Lipinski definition) is 3. The number of benzene rings is 3. The molecule has 3 rings (SSSR count). The molecule has 1 atom stereocenters. The Morgan fingerprint density at radius 1 is 1.00 bits per heavy atom. The highest BCUT2D eigenvalue weighted by molar-refractivity contribution is 7.92. The van der Waals surface area contributed by atoms with Gasteiger partial charge in [-0.2, -0.15) is 0 Å². The summed E-state index contributed by atoms with van der Waals surface area (Å²) in [6.07, 6.45) is 0. The van der Waals surface area contributed by atoms with Crippen molar-refractivity contribution in [3.05, 3.63) is 89.2 Å². The van der Waals surface area contributed by atoms with Crippen LogP contribution in [0.1, 0.15) is 18.5 Å². The third-order valence-electron chi connectivity index (χ3n) is 4.36. The Morgan fingerprint density at radius 3 is 2.32 bits per heavy atom. The molecule has 0 aliphatic rings. The van der Waals surface area contributed by atoms with Crippen LogP contribution < -0.4 is 9.04 Å². The van der Waals surface area contributed by atoms with Crippen molar-refractivity contribution in [1.29, 1.82) is 0 Å². The quantitative estimate of drug-likeness (QED) is 0.534. The van der Waals surface area contributed by atoms with Gasteiger partial charge in [0.15, 0.2) is 0 Å². The molecule has 0 spiro atoms. The lowest BCUT2D eigenvalue weighted by Crippen LogP contribution is -2.33. The Kier molecular flexibility index (Phi) is 5.91. The van der Waals surface area contributed by atoms with Crippen LogP contribution in [0, 0.1) is 5.82 Å². The summed E-state index contributed by atoms with van der Waals surface area (Å²) in [6, 6.07) is 18.0. The molecule has 0 aliphatic heterocycles. The first-order valence-corrected chi connectivity index (χ1v) is 10.3. The Labute approximate surface area is 169 Å². The van der Waals surface area contributed by atoms with Gasteiger partial charge in [-0.15, -0.1) is 0 Å². The highest BCUT2D eigenvalue weighted by atomic mass is 35.5. The summed E-state index contributed by atoms with van der Waals surface area (Å²) in [5.41, 5.74) is 1.15. The summed E-state index contributed by atoms with van der Waals surface area (Å²) in [6.45, 7) is 1.77. The van der Waals surface area contributed by atoms with Crippen LogP contribution in [-0.4, -0.2) is 15.5 Å². The summed E-state index contributed by atoms with van der Waals surface area (Å²) >= 11 is 6.11. The first-order valence-electron chi connectivity index (χ1n) is 8.52. The molecule has 0 N–H and O–H groups in total. The maximum atomic E-state index is 13.5. The Bertz CT molecular complexity index is 1070. The zero-order chi connectivity index (χ0) is 20.3. The van der Waals surface area contributed by atoms with Crippen molar-refractivity contribution in [2.75, 3.05) is 11.4 Å². The highest BCUT2D eigenvalue weighted by Crippen LogP contribution is 2.35. The van der Waals surface area contributed by atoms with Gasteiger partial charge in [0.1, 0.15) is 11.6 Å². The number of nitrogens with zero attached hydrogens (tertiary/aromatic N) is 1. The topological polar surface area (TPSA) is 46.6 Å². The monoisotopic (exact) mass is 419 g/mol. The van der Waals surface area contributed by atoms with Gasteiger partial charge in [-0.25, -0.2) is 12.8 Å². The summed E-state index contributed by atoms with van der Waals surface area (Å²) in [5.74, 6) is 0.115. The van der Waals surface area contributed by atoms with Gasteiger partial charge in [-0.05, 0) is 67.1 Å². The second-order valence-electron chi connectivity index (χ2n) is 6.19. The lowest BCUT2D eigenvalue weighted by Gasteiger charge is -2.31. The number of anilines is 1. The van der Waals surface area contributed by atoms with Crippen molar-refractivity contribution in [3.63, 3.8) is 0 Å². The van der Waals surface area contributed by atoms with Gasteiger partial charge in [0.05, 0.1) is 23.7 Å². The van der Waals surface area contributed by atoms with Gasteiger partial charge >= 0.3 is 0 Å². The van der Waals surface area contributed by atoms with Crippen molar-refractivity contribution < 1.29 is 17.5 Å². The molecule has 146 valence electrons. The van der Waals surface area contributed by atoms with E-state index in [4.69, 9.17) is 16.3 Å². The average Bonchev–Trinajstić information content (AvgIpc) is 2.68. The predicted octanol–water partition coefficient (Wildman–Crippen LogP) is 5.44. The molecule has 0 amide bonds. The van der Waals surface area contributed by atoms with Gasteiger partial charge in [0, 0.05) is 5.02 Å². The fraction of sp³-hybridized carbons (Fsp3) is 0.143. The van der Waals surface area contributed by atoms with Gasteiger partial charge in [-0.1, -0.05) is 29.8 Å². The molecule has 3 aromatic rings. The molecule has 0 bridgehead atoms. The van der Waals surface area contributed by atoms with Crippen LogP contribution in [0.15, 0.2) is 77.7 Å². The van der Waals surface area contributed by atoms with Crippen LogP contribution in [-0.2, 0) is 10.0 Å². The molecule has 7 heteroatoms. The SMILES string of the molecule is COc1cccc([C@@H](C)N(c2cccc(Cl)c2)S(=O)(=O)c2ccc(F)cc2)c1. The van der Waals surface area contributed by atoms with E-state index in [1.54, 1.807) is 56.5 Å². The summed E-state index contributed by atoms with van der Waals surface area (Å²) in [4.78, 5) is -0.0105. The Morgan fingerprint density at radius 2 is 1.68 bits per heavy atom. The average molecular weight is 420 g/mol.